The molecule has 0 bridgehead atoms. The number of carbonyl (C=O) groups is 2. The highest BCUT2D eigenvalue weighted by atomic mass is 16.5. The summed E-state index contributed by atoms with van der Waals surface area (Å²) in [6, 6.07) is 14.7. The second-order valence-electron chi connectivity index (χ2n) is 8.31. The first-order valence-corrected chi connectivity index (χ1v) is 12.4. The SMILES string of the molecule is COc1ccccc1CN=C=O.COc1ccccc1Cn1nnc2c(C(N)=O)ncn2c1=O.NC(=O)c1[nH]cnc1N=[NH2+]. The van der Waals surface area contributed by atoms with Crippen LogP contribution >= 0.6 is 0 Å². The molecular formula is C26H27N12O6+. The normalized spacial score (nSPS) is 9.86. The zero-order valence-corrected chi connectivity index (χ0v) is 23.4. The van der Waals surface area contributed by atoms with Crippen LogP contribution in [0.3, 0.4) is 0 Å². The molecular weight excluding hydrogens is 576 g/mol. The number of aliphatic imine (C=N–C) groups is 1. The number of aromatic nitrogens is 7. The fraction of sp³-hybridized carbons (Fsp3) is 0.154. The molecule has 44 heavy (non-hydrogen) atoms. The van der Waals surface area contributed by atoms with Crippen molar-refractivity contribution < 1.29 is 29.4 Å². The molecule has 0 saturated carbocycles. The van der Waals surface area contributed by atoms with Crippen LogP contribution in [-0.2, 0) is 17.9 Å². The quantitative estimate of drug-likeness (QED) is 0.0936. The van der Waals surface area contributed by atoms with Gasteiger partial charge in [-0.2, -0.15) is 10.2 Å². The van der Waals surface area contributed by atoms with Gasteiger partial charge in [-0.1, -0.05) is 41.6 Å². The van der Waals surface area contributed by atoms with Crippen molar-refractivity contribution in [3.63, 3.8) is 0 Å². The summed E-state index contributed by atoms with van der Waals surface area (Å²) in [6.07, 6.45) is 3.98. The summed E-state index contributed by atoms with van der Waals surface area (Å²) in [4.78, 5) is 57.2. The highest BCUT2D eigenvalue weighted by Gasteiger charge is 2.16. The van der Waals surface area contributed by atoms with Crippen molar-refractivity contribution in [1.29, 1.82) is 0 Å². The maximum absolute atomic E-state index is 12.4. The smallest absolute Gasteiger partial charge is 0.353 e. The van der Waals surface area contributed by atoms with Gasteiger partial charge < -0.3 is 25.9 Å². The Morgan fingerprint density at radius 3 is 2.20 bits per heavy atom. The molecule has 0 aliphatic rings. The summed E-state index contributed by atoms with van der Waals surface area (Å²) >= 11 is 0. The Labute approximate surface area is 247 Å². The van der Waals surface area contributed by atoms with Crippen molar-refractivity contribution in [2.24, 2.45) is 21.6 Å². The summed E-state index contributed by atoms with van der Waals surface area (Å²) in [6.45, 7) is 0.503. The number of methoxy groups -OCH3 is 2. The molecule has 3 aromatic heterocycles. The minimum Gasteiger partial charge on any atom is -0.496 e. The van der Waals surface area contributed by atoms with Gasteiger partial charge in [0.05, 0.1) is 33.6 Å². The third-order valence-corrected chi connectivity index (χ3v) is 5.66. The van der Waals surface area contributed by atoms with Gasteiger partial charge in [-0.25, -0.2) is 29.0 Å². The Morgan fingerprint density at radius 2 is 1.64 bits per heavy atom. The maximum Gasteiger partial charge on any atom is 0.353 e. The lowest BCUT2D eigenvalue weighted by atomic mass is 10.2. The highest BCUT2D eigenvalue weighted by molar-refractivity contribution is 5.96. The highest BCUT2D eigenvalue weighted by Crippen LogP contribution is 2.18. The number of hydrogen-bond acceptors (Lipinski definition) is 12. The van der Waals surface area contributed by atoms with E-state index in [0.717, 1.165) is 26.0 Å². The third-order valence-electron chi connectivity index (χ3n) is 5.66. The summed E-state index contributed by atoms with van der Waals surface area (Å²) in [5, 5.41) is 10.9. The monoisotopic (exact) mass is 603 g/mol. The van der Waals surface area contributed by atoms with Crippen molar-refractivity contribution in [3.05, 3.63) is 94.2 Å². The molecule has 0 unspecified atom stereocenters. The first kappa shape index (κ1) is 32.0. The number of isocyanates is 1. The molecule has 2 amide bonds. The molecule has 0 fully saturated rings. The van der Waals surface area contributed by atoms with Crippen LogP contribution in [0, 0.1) is 0 Å². The number of primary amides is 2. The average Bonchev–Trinajstić information content (AvgIpc) is 3.71. The number of ether oxygens (including phenoxy) is 2. The van der Waals surface area contributed by atoms with E-state index in [1.807, 2.05) is 42.5 Å². The van der Waals surface area contributed by atoms with Gasteiger partial charge in [0.1, 0.15) is 17.8 Å². The number of rotatable bonds is 9. The van der Waals surface area contributed by atoms with E-state index in [2.05, 4.69) is 35.4 Å². The number of benzene rings is 2. The van der Waals surface area contributed by atoms with Crippen LogP contribution in [0.1, 0.15) is 32.1 Å². The number of carbonyl (C=O) groups excluding carboxylic acids is 3. The van der Waals surface area contributed by atoms with Crippen molar-refractivity contribution in [2.45, 2.75) is 13.1 Å². The van der Waals surface area contributed by atoms with E-state index >= 15 is 0 Å². The number of imidazole rings is 2. The lowest BCUT2D eigenvalue weighted by Gasteiger charge is -2.08. The van der Waals surface area contributed by atoms with E-state index in [1.165, 1.54) is 18.7 Å². The minimum absolute atomic E-state index is 0.0359. The van der Waals surface area contributed by atoms with Crippen LogP contribution in [0.25, 0.3) is 5.65 Å². The Bertz CT molecular complexity index is 1870. The van der Waals surface area contributed by atoms with E-state index in [9.17, 15) is 19.2 Å². The molecule has 2 aromatic carbocycles. The minimum atomic E-state index is -0.765. The Balaban J connectivity index is 0.000000202. The van der Waals surface area contributed by atoms with Crippen LogP contribution in [0.2, 0.25) is 0 Å². The second-order valence-corrected chi connectivity index (χ2v) is 8.31. The second kappa shape index (κ2) is 15.5. The predicted molar refractivity (Wildman–Crippen MR) is 152 cm³/mol. The molecule has 0 atom stereocenters. The number of hydrogen-bond donors (Lipinski definition) is 4. The molecule has 18 nitrogen and oxygen atoms in total. The summed E-state index contributed by atoms with van der Waals surface area (Å²) < 4.78 is 12.6. The number of para-hydroxylation sites is 2. The van der Waals surface area contributed by atoms with Crippen molar-refractivity contribution >= 4 is 29.4 Å². The van der Waals surface area contributed by atoms with Gasteiger partial charge in [-0.3, -0.25) is 9.59 Å². The number of fused-ring (bicyclic) bond motifs is 1. The molecule has 3 heterocycles. The van der Waals surface area contributed by atoms with E-state index in [-0.39, 0.29) is 29.4 Å². The third kappa shape index (κ3) is 7.80. The van der Waals surface area contributed by atoms with Crippen molar-refractivity contribution in [3.8, 4) is 11.5 Å². The van der Waals surface area contributed by atoms with Crippen molar-refractivity contribution in [2.75, 3.05) is 14.2 Å². The van der Waals surface area contributed by atoms with Crippen LogP contribution in [0.4, 0.5) is 5.82 Å². The summed E-state index contributed by atoms with van der Waals surface area (Å²) in [5.41, 5.74) is 16.2. The summed E-state index contributed by atoms with van der Waals surface area (Å²) in [7, 11) is 3.13. The lowest BCUT2D eigenvalue weighted by Crippen LogP contribution is -2.30. The first-order valence-electron chi connectivity index (χ1n) is 12.4. The Kier molecular flexibility index (Phi) is 11.2. The first-order chi connectivity index (χ1) is 21.2. The molecule has 0 aliphatic heterocycles. The predicted octanol–water partition coefficient (Wildman–Crippen LogP) is -0.676. The molecule has 0 radical (unpaired) electrons. The molecule has 5 rings (SSSR count). The lowest BCUT2D eigenvalue weighted by molar-refractivity contribution is -0.211. The maximum atomic E-state index is 12.4. The number of nitrogens with two attached hydrogens (primary N) is 3. The Morgan fingerprint density at radius 1 is 1.00 bits per heavy atom. The van der Waals surface area contributed by atoms with Gasteiger partial charge in [0.2, 0.25) is 11.9 Å². The van der Waals surface area contributed by atoms with Gasteiger partial charge in [0.25, 0.3) is 11.8 Å². The van der Waals surface area contributed by atoms with E-state index in [1.54, 1.807) is 20.3 Å². The van der Waals surface area contributed by atoms with Gasteiger partial charge >= 0.3 is 5.69 Å². The number of aromatic amines is 1. The molecule has 0 saturated heterocycles. The standard InChI is InChI=1S/C13H12N6O3.C9H9NO2.C4H5N5O/c1-22-9-5-3-2-4-8(9)6-19-13(21)18-7-15-10(11(14)20)12(18)16-17-19;1-12-9-5-3-2-4-8(9)6-10-7-11;5-3(10)2-4(9-6)8-1-7-2/h2-5,7H,6H2,1H3,(H2,14,20);2-5H,6H2,1H3;1,6H,(H2,5,10)(H,7,8)/p+1. The van der Waals surface area contributed by atoms with Crippen LogP contribution in [-0.4, -0.2) is 66.5 Å². The van der Waals surface area contributed by atoms with Gasteiger partial charge in [0.15, 0.2) is 17.0 Å². The van der Waals surface area contributed by atoms with Crippen LogP contribution in [0.15, 0.2) is 76.1 Å². The van der Waals surface area contributed by atoms with Crippen molar-refractivity contribution in [1.82, 2.24) is 34.3 Å². The van der Waals surface area contributed by atoms with E-state index < -0.39 is 17.5 Å². The largest absolute Gasteiger partial charge is 0.496 e. The molecule has 226 valence electrons. The number of amides is 2. The van der Waals surface area contributed by atoms with Gasteiger partial charge in [-0.05, 0) is 12.1 Å². The number of nitrogens with zero attached hydrogens (tertiary/aromatic N) is 8. The van der Waals surface area contributed by atoms with Gasteiger partial charge in [-0.15, -0.1) is 5.10 Å². The fourth-order valence-electron chi connectivity index (χ4n) is 3.62. The van der Waals surface area contributed by atoms with Crippen LogP contribution in [0.5, 0.6) is 11.5 Å². The number of nitrogens with one attached hydrogen (secondary N) is 1. The zero-order chi connectivity index (χ0) is 32.1. The molecule has 5 aromatic rings. The molecule has 18 heteroatoms. The van der Waals surface area contributed by atoms with E-state index in [4.69, 9.17) is 26.5 Å². The average molecular weight is 604 g/mol. The molecule has 0 spiro atoms. The zero-order valence-electron chi connectivity index (χ0n) is 23.4. The molecule has 0 aliphatic carbocycles. The fourth-order valence-corrected chi connectivity index (χ4v) is 3.62. The summed E-state index contributed by atoms with van der Waals surface area (Å²) in [5.74, 6) is 0.129. The Hall–Kier alpha value is -6.55. The van der Waals surface area contributed by atoms with Crippen LogP contribution < -0.4 is 32.2 Å². The van der Waals surface area contributed by atoms with Gasteiger partial charge in [0, 0.05) is 16.2 Å². The topological polar surface area (TPSA) is 266 Å². The van der Waals surface area contributed by atoms with E-state index in [0.29, 0.717) is 12.3 Å². The molecule has 7 N–H and O–H groups in total. The number of H-pyrrole nitrogens is 1.